The quantitative estimate of drug-likeness (QED) is 0.244. The first kappa shape index (κ1) is 24.0. The number of phosphoric ester groups is 1. The Morgan fingerprint density at radius 2 is 2.18 bits per heavy atom. The number of nitrogens with zero attached hydrogens (tertiary/aromatic N) is 4. The van der Waals surface area contributed by atoms with Crippen molar-refractivity contribution in [3.05, 3.63) is 70.1 Å². The molecule has 1 unspecified atom stereocenters. The van der Waals surface area contributed by atoms with Gasteiger partial charge in [-0.05, 0) is 24.6 Å². The van der Waals surface area contributed by atoms with Gasteiger partial charge in [0.1, 0.15) is 17.2 Å². The van der Waals surface area contributed by atoms with Crippen molar-refractivity contribution >= 4 is 25.0 Å². The zero-order valence-electron chi connectivity index (χ0n) is 18.5. The van der Waals surface area contributed by atoms with E-state index in [1.54, 1.807) is 48.0 Å². The van der Waals surface area contributed by atoms with Crippen molar-refractivity contribution in [3.8, 4) is 17.2 Å². The zero-order valence-corrected chi connectivity index (χ0v) is 20.2. The molecule has 0 aliphatic rings. The van der Waals surface area contributed by atoms with Crippen molar-refractivity contribution in [1.82, 2.24) is 15.1 Å². The smallest absolute Gasteiger partial charge is 0.470 e. The monoisotopic (exact) mass is 504 g/mol. The van der Waals surface area contributed by atoms with E-state index in [4.69, 9.17) is 19.5 Å². The van der Waals surface area contributed by atoms with E-state index in [1.807, 2.05) is 18.4 Å². The van der Waals surface area contributed by atoms with Crippen molar-refractivity contribution in [2.75, 3.05) is 12.8 Å². The molecule has 4 heterocycles. The van der Waals surface area contributed by atoms with Gasteiger partial charge in [0.2, 0.25) is 12.6 Å². The van der Waals surface area contributed by atoms with Gasteiger partial charge in [-0.1, -0.05) is 11.2 Å². The average Bonchev–Trinajstić information content (AvgIpc) is 3.47. The van der Waals surface area contributed by atoms with Gasteiger partial charge in [-0.2, -0.15) is 0 Å². The second-order valence-corrected chi connectivity index (χ2v) is 9.72. The van der Waals surface area contributed by atoms with Gasteiger partial charge in [-0.3, -0.25) is 10.3 Å². The maximum atomic E-state index is 11.5. The summed E-state index contributed by atoms with van der Waals surface area (Å²) < 4.78 is 33.4. The Balaban J connectivity index is 1.39. The summed E-state index contributed by atoms with van der Waals surface area (Å²) in [5.41, 5.74) is 9.35. The van der Waals surface area contributed by atoms with Crippen LogP contribution in [-0.4, -0.2) is 27.1 Å². The van der Waals surface area contributed by atoms with Crippen molar-refractivity contribution in [2.24, 2.45) is 0 Å². The maximum Gasteiger partial charge on any atom is 0.475 e. The number of nitrogen functional groups attached to an aromatic ring is 1. The fourth-order valence-corrected chi connectivity index (χ4v) is 4.07. The van der Waals surface area contributed by atoms with Crippen LogP contribution in [0.4, 0.5) is 5.82 Å². The Kier molecular flexibility index (Phi) is 7.35. The molecule has 0 amide bonds. The number of aromatic nitrogens is 4. The number of hydrogen-bond acceptors (Lipinski definition) is 10. The number of nitrogens with two attached hydrogens (primary N) is 1. The first-order chi connectivity index (χ1) is 16.3. The summed E-state index contributed by atoms with van der Waals surface area (Å²) in [6, 6.07) is 8.95. The van der Waals surface area contributed by atoms with Gasteiger partial charge in [0.05, 0.1) is 11.9 Å². The lowest BCUT2D eigenvalue weighted by Crippen LogP contribution is -2.38. The Morgan fingerprint density at radius 1 is 1.32 bits per heavy atom. The Hall–Kier alpha value is -3.15. The Morgan fingerprint density at radius 3 is 2.88 bits per heavy atom. The minimum Gasteiger partial charge on any atom is -0.470 e. The van der Waals surface area contributed by atoms with Gasteiger partial charge >= 0.3 is 7.82 Å². The molecule has 4 aromatic rings. The fourth-order valence-electron chi connectivity index (χ4n) is 3.01. The molecular weight excluding hydrogens is 481 g/mol. The van der Waals surface area contributed by atoms with Crippen LogP contribution in [0.5, 0.6) is 5.88 Å². The highest BCUT2D eigenvalue weighted by Crippen LogP contribution is 2.41. The summed E-state index contributed by atoms with van der Waals surface area (Å²) in [5, 5.41) is 6.99. The summed E-state index contributed by atoms with van der Waals surface area (Å²) >= 11 is 1.55. The summed E-state index contributed by atoms with van der Waals surface area (Å²) in [5.74, 6) is 1.24. The van der Waals surface area contributed by atoms with Crippen LogP contribution in [0, 0.1) is 6.92 Å². The van der Waals surface area contributed by atoms with Crippen LogP contribution >= 0.6 is 19.2 Å². The molecule has 0 aromatic carbocycles. The third-order valence-corrected chi connectivity index (χ3v) is 6.57. The number of pyridine rings is 2. The van der Waals surface area contributed by atoms with E-state index in [9.17, 15) is 9.46 Å². The molecule has 0 saturated heterocycles. The molecule has 0 radical (unpaired) electrons. The highest BCUT2D eigenvalue weighted by atomic mass is 32.1. The molecule has 3 N–H and O–H groups in total. The molecule has 0 bridgehead atoms. The van der Waals surface area contributed by atoms with E-state index in [2.05, 4.69) is 19.6 Å². The number of hydrogen-bond donors (Lipinski definition) is 2. The van der Waals surface area contributed by atoms with Crippen LogP contribution in [0.2, 0.25) is 0 Å². The van der Waals surface area contributed by atoms with Gasteiger partial charge in [-0.25, -0.2) is 23.6 Å². The molecule has 0 spiro atoms. The lowest BCUT2D eigenvalue weighted by Gasteiger charge is -2.09. The molecule has 4 rings (SSSR count). The van der Waals surface area contributed by atoms with Gasteiger partial charge in [-0.15, -0.1) is 11.3 Å². The second kappa shape index (κ2) is 10.4. The van der Waals surface area contributed by atoms with Crippen LogP contribution in [-0.2, 0) is 33.4 Å². The van der Waals surface area contributed by atoms with Crippen LogP contribution in [0.1, 0.15) is 22.0 Å². The van der Waals surface area contributed by atoms with E-state index in [0.29, 0.717) is 35.9 Å². The van der Waals surface area contributed by atoms with E-state index in [1.165, 1.54) is 4.57 Å². The molecule has 0 aliphatic heterocycles. The normalized spacial score (nSPS) is 13.0. The van der Waals surface area contributed by atoms with Crippen LogP contribution < -0.4 is 15.0 Å². The third-order valence-electron chi connectivity index (χ3n) is 4.72. The van der Waals surface area contributed by atoms with E-state index in [0.717, 1.165) is 23.4 Å². The predicted molar refractivity (Wildman–Crippen MR) is 123 cm³/mol. The summed E-state index contributed by atoms with van der Waals surface area (Å²) in [7, 11) is -3.05. The van der Waals surface area contributed by atoms with Crippen LogP contribution in [0.25, 0.3) is 11.3 Å². The highest BCUT2D eigenvalue weighted by Gasteiger charge is 2.22. The van der Waals surface area contributed by atoms with Crippen molar-refractivity contribution < 1.29 is 32.3 Å². The number of ether oxygens (including phenoxy) is 1. The van der Waals surface area contributed by atoms with Gasteiger partial charge in [0.15, 0.2) is 5.76 Å². The van der Waals surface area contributed by atoms with E-state index >= 15 is 0 Å². The lowest BCUT2D eigenvalue weighted by atomic mass is 10.1. The number of phosphoric acid groups is 1. The number of rotatable bonds is 10. The Bertz CT molecular complexity index is 1310. The number of aryl methyl sites for hydroxylation is 1. The summed E-state index contributed by atoms with van der Waals surface area (Å²) in [4.78, 5) is 18.1. The standard InChI is InChI=1S/C21H22N5O6PS/c1-14-12-34-20(24-14)11-30-19-6-5-15(10-23-19)8-16-9-18(32-25-16)17-4-3-7-26(21(17)22)13-31-33(27,28)29-2/h3-7,9-10,12,22H,8,11,13H2,1-2H3,(H,27,28)/p+1. The molecule has 34 heavy (non-hydrogen) atoms. The van der Waals surface area contributed by atoms with Crippen molar-refractivity contribution in [1.29, 1.82) is 0 Å². The second-order valence-electron chi connectivity index (χ2n) is 7.22. The lowest BCUT2D eigenvalue weighted by molar-refractivity contribution is -0.711. The molecular formula is C21H23N5O6PS+. The number of thiazole rings is 1. The fraction of sp³-hybridized carbons (Fsp3) is 0.238. The molecule has 4 aromatic heterocycles. The first-order valence-corrected chi connectivity index (χ1v) is 12.5. The van der Waals surface area contributed by atoms with Crippen LogP contribution in [0.15, 0.2) is 52.6 Å². The van der Waals surface area contributed by atoms with Crippen molar-refractivity contribution in [2.45, 2.75) is 26.7 Å². The number of anilines is 1. The van der Waals surface area contributed by atoms with Crippen molar-refractivity contribution in [3.63, 3.8) is 0 Å². The Labute approximate surface area is 199 Å². The molecule has 1 atom stereocenters. The molecule has 13 heteroatoms. The minimum atomic E-state index is -4.13. The molecule has 178 valence electrons. The largest absolute Gasteiger partial charge is 0.475 e. The zero-order chi connectivity index (χ0) is 24.1. The third kappa shape index (κ3) is 6.04. The minimum absolute atomic E-state index is 0.273. The van der Waals surface area contributed by atoms with Gasteiger partial charge in [0.25, 0.3) is 5.82 Å². The molecule has 0 aliphatic carbocycles. The SMILES string of the molecule is COP(=O)(O)OC[n+]1cccc(-c2cc(Cc3ccc(OCc4nc(C)cs4)nc3)no2)c1N. The van der Waals surface area contributed by atoms with E-state index in [-0.39, 0.29) is 12.5 Å². The summed E-state index contributed by atoms with van der Waals surface area (Å²) in [6.45, 7) is 2.05. The maximum absolute atomic E-state index is 11.5. The van der Waals surface area contributed by atoms with E-state index < -0.39 is 7.82 Å². The summed E-state index contributed by atoms with van der Waals surface area (Å²) in [6.07, 6.45) is 3.83. The molecule has 0 fully saturated rings. The van der Waals surface area contributed by atoms with Gasteiger partial charge < -0.3 is 14.2 Å². The molecule has 11 nitrogen and oxygen atoms in total. The van der Waals surface area contributed by atoms with Crippen LogP contribution in [0.3, 0.4) is 0 Å². The average molecular weight is 504 g/mol. The topological polar surface area (TPSA) is 147 Å². The highest BCUT2D eigenvalue weighted by molar-refractivity contribution is 7.47. The predicted octanol–water partition coefficient (Wildman–Crippen LogP) is 3.26. The molecule has 0 saturated carbocycles. The first-order valence-electron chi connectivity index (χ1n) is 10.1. The van der Waals surface area contributed by atoms with Gasteiger partial charge in [0, 0.05) is 42.9 Å².